The molecule has 0 spiro atoms. The summed E-state index contributed by atoms with van der Waals surface area (Å²) in [6.45, 7) is 0. The van der Waals surface area contributed by atoms with E-state index < -0.39 is 11.7 Å². The molecule has 0 radical (unpaired) electrons. The molecular formula is C14H9F3O2. The number of carbonyl (C=O) groups excluding carboxylic acids is 1. The van der Waals surface area contributed by atoms with E-state index in [1.807, 2.05) is 0 Å². The Hall–Kier alpha value is -2.30. The maximum atomic E-state index is 12.3. The quantitative estimate of drug-likeness (QED) is 0.776. The molecule has 1 aromatic carbocycles. The number of hydrogen-bond donors (Lipinski definition) is 0. The van der Waals surface area contributed by atoms with E-state index in [0.717, 1.165) is 12.1 Å². The van der Waals surface area contributed by atoms with Crippen LogP contribution in [0.2, 0.25) is 0 Å². The van der Waals surface area contributed by atoms with Crippen LogP contribution in [0.3, 0.4) is 0 Å². The number of furan rings is 1. The van der Waals surface area contributed by atoms with E-state index >= 15 is 0 Å². The fraction of sp³-hybridized carbons (Fsp3) is 0.0714. The standard InChI is InChI=1S/C14H9F3O2/c15-14(16,17)11-4-1-10(2-5-11)3-6-12-7-8-13(9-18)19-12/h1-9H/b6-3+. The van der Waals surface area contributed by atoms with Crippen LogP contribution in [0.1, 0.15) is 27.4 Å². The molecule has 0 N–H and O–H groups in total. The molecule has 0 atom stereocenters. The smallest absolute Gasteiger partial charge is 0.416 e. The Balaban J connectivity index is 2.13. The molecule has 2 nitrogen and oxygen atoms in total. The molecule has 0 fully saturated rings. The minimum atomic E-state index is -4.33. The van der Waals surface area contributed by atoms with E-state index in [4.69, 9.17) is 4.42 Å². The van der Waals surface area contributed by atoms with Gasteiger partial charge in [0, 0.05) is 0 Å². The third kappa shape index (κ3) is 3.34. The molecule has 0 aliphatic heterocycles. The predicted molar refractivity (Wildman–Crippen MR) is 64.5 cm³/mol. The van der Waals surface area contributed by atoms with Crippen LogP contribution in [-0.4, -0.2) is 6.29 Å². The van der Waals surface area contributed by atoms with Gasteiger partial charge in [0.25, 0.3) is 0 Å². The Kier molecular flexibility index (Phi) is 3.55. The highest BCUT2D eigenvalue weighted by molar-refractivity contribution is 5.73. The van der Waals surface area contributed by atoms with Gasteiger partial charge >= 0.3 is 6.18 Å². The number of benzene rings is 1. The highest BCUT2D eigenvalue weighted by Gasteiger charge is 2.29. The number of carbonyl (C=O) groups is 1. The largest absolute Gasteiger partial charge is 0.454 e. The average Bonchev–Trinajstić information content (AvgIpc) is 2.84. The minimum Gasteiger partial charge on any atom is -0.454 e. The summed E-state index contributed by atoms with van der Waals surface area (Å²) in [7, 11) is 0. The third-order valence-electron chi connectivity index (χ3n) is 2.44. The monoisotopic (exact) mass is 266 g/mol. The van der Waals surface area contributed by atoms with E-state index in [2.05, 4.69) is 0 Å². The van der Waals surface area contributed by atoms with Crippen molar-refractivity contribution < 1.29 is 22.4 Å². The van der Waals surface area contributed by atoms with Gasteiger partial charge in [0.15, 0.2) is 12.0 Å². The first kappa shape index (κ1) is 13.1. The molecule has 19 heavy (non-hydrogen) atoms. The van der Waals surface area contributed by atoms with Crippen LogP contribution in [0.5, 0.6) is 0 Å². The second-order valence-corrected chi connectivity index (χ2v) is 3.81. The topological polar surface area (TPSA) is 30.2 Å². The van der Waals surface area contributed by atoms with Crippen molar-refractivity contribution in [3.05, 3.63) is 59.0 Å². The summed E-state index contributed by atoms with van der Waals surface area (Å²) in [4.78, 5) is 10.4. The molecule has 2 rings (SSSR count). The molecular weight excluding hydrogens is 257 g/mol. The van der Waals surface area contributed by atoms with Crippen LogP contribution < -0.4 is 0 Å². The van der Waals surface area contributed by atoms with Crippen LogP contribution in [0.15, 0.2) is 40.8 Å². The van der Waals surface area contributed by atoms with Crippen molar-refractivity contribution in [3.8, 4) is 0 Å². The summed E-state index contributed by atoms with van der Waals surface area (Å²) in [5.41, 5.74) is -0.0806. The zero-order chi connectivity index (χ0) is 13.9. The molecule has 0 bridgehead atoms. The maximum Gasteiger partial charge on any atom is 0.416 e. The molecule has 0 aliphatic carbocycles. The lowest BCUT2D eigenvalue weighted by molar-refractivity contribution is -0.137. The van der Waals surface area contributed by atoms with Crippen LogP contribution in [0, 0.1) is 0 Å². The maximum absolute atomic E-state index is 12.3. The Bertz CT molecular complexity index is 592. The van der Waals surface area contributed by atoms with Crippen molar-refractivity contribution in [2.75, 3.05) is 0 Å². The Morgan fingerprint density at radius 3 is 2.05 bits per heavy atom. The number of rotatable bonds is 3. The van der Waals surface area contributed by atoms with Crippen molar-refractivity contribution in [2.45, 2.75) is 6.18 Å². The van der Waals surface area contributed by atoms with Crippen molar-refractivity contribution in [2.24, 2.45) is 0 Å². The van der Waals surface area contributed by atoms with Gasteiger partial charge in [-0.15, -0.1) is 0 Å². The van der Waals surface area contributed by atoms with Crippen LogP contribution in [0.4, 0.5) is 13.2 Å². The summed E-state index contributed by atoms with van der Waals surface area (Å²) < 4.78 is 42.1. The summed E-state index contributed by atoms with van der Waals surface area (Å²) in [5, 5.41) is 0. The van der Waals surface area contributed by atoms with Crippen LogP contribution >= 0.6 is 0 Å². The molecule has 0 saturated heterocycles. The molecule has 1 aromatic heterocycles. The van der Waals surface area contributed by atoms with Gasteiger partial charge in [-0.1, -0.05) is 18.2 Å². The highest BCUT2D eigenvalue weighted by atomic mass is 19.4. The molecule has 98 valence electrons. The van der Waals surface area contributed by atoms with Gasteiger partial charge in [0.1, 0.15) is 5.76 Å². The molecule has 5 heteroatoms. The van der Waals surface area contributed by atoms with Gasteiger partial charge in [0.2, 0.25) is 0 Å². The lowest BCUT2D eigenvalue weighted by Gasteiger charge is -2.05. The second kappa shape index (κ2) is 5.14. The molecule has 1 heterocycles. The van der Waals surface area contributed by atoms with E-state index in [9.17, 15) is 18.0 Å². The number of halogens is 3. The number of hydrogen-bond acceptors (Lipinski definition) is 2. The first-order valence-electron chi connectivity index (χ1n) is 5.39. The Labute approximate surface area is 107 Å². The summed E-state index contributed by atoms with van der Waals surface area (Å²) >= 11 is 0. The molecule has 2 aromatic rings. The molecule has 0 saturated carbocycles. The minimum absolute atomic E-state index is 0.201. The summed E-state index contributed by atoms with van der Waals surface area (Å²) in [5.74, 6) is 0.661. The van der Waals surface area contributed by atoms with Crippen LogP contribution in [-0.2, 0) is 6.18 Å². The normalized spacial score (nSPS) is 11.9. The lowest BCUT2D eigenvalue weighted by atomic mass is 10.1. The predicted octanol–water partition coefficient (Wildman–Crippen LogP) is 4.28. The lowest BCUT2D eigenvalue weighted by Crippen LogP contribution is -2.03. The van der Waals surface area contributed by atoms with Gasteiger partial charge in [-0.25, -0.2) is 0 Å². The Morgan fingerprint density at radius 1 is 0.895 bits per heavy atom. The SMILES string of the molecule is O=Cc1ccc(/C=C/c2ccc(C(F)(F)F)cc2)o1. The van der Waals surface area contributed by atoms with Crippen molar-refractivity contribution in [1.82, 2.24) is 0 Å². The highest BCUT2D eigenvalue weighted by Crippen LogP contribution is 2.29. The van der Waals surface area contributed by atoms with E-state index in [0.29, 0.717) is 17.6 Å². The zero-order valence-corrected chi connectivity index (χ0v) is 9.65. The van der Waals surface area contributed by atoms with E-state index in [1.54, 1.807) is 18.2 Å². The second-order valence-electron chi connectivity index (χ2n) is 3.81. The van der Waals surface area contributed by atoms with Crippen molar-refractivity contribution >= 4 is 18.4 Å². The van der Waals surface area contributed by atoms with Crippen LogP contribution in [0.25, 0.3) is 12.2 Å². The van der Waals surface area contributed by atoms with Gasteiger partial charge in [-0.05, 0) is 35.9 Å². The van der Waals surface area contributed by atoms with Crippen molar-refractivity contribution in [1.29, 1.82) is 0 Å². The Morgan fingerprint density at radius 2 is 1.53 bits per heavy atom. The van der Waals surface area contributed by atoms with Crippen molar-refractivity contribution in [3.63, 3.8) is 0 Å². The number of alkyl halides is 3. The van der Waals surface area contributed by atoms with Gasteiger partial charge in [-0.3, -0.25) is 4.79 Å². The zero-order valence-electron chi connectivity index (χ0n) is 9.65. The van der Waals surface area contributed by atoms with E-state index in [-0.39, 0.29) is 5.76 Å². The first-order chi connectivity index (χ1) is 8.99. The third-order valence-corrected chi connectivity index (χ3v) is 2.44. The molecule has 0 aliphatic rings. The van der Waals surface area contributed by atoms with Gasteiger partial charge in [0.05, 0.1) is 5.56 Å². The summed E-state index contributed by atoms with van der Waals surface area (Å²) in [6, 6.07) is 7.87. The van der Waals surface area contributed by atoms with E-state index in [1.165, 1.54) is 18.2 Å². The molecule has 0 amide bonds. The molecule has 0 unspecified atom stereocenters. The van der Waals surface area contributed by atoms with Gasteiger partial charge < -0.3 is 4.42 Å². The fourth-order valence-corrected chi connectivity index (χ4v) is 1.48. The van der Waals surface area contributed by atoms with Gasteiger partial charge in [-0.2, -0.15) is 13.2 Å². The summed E-state index contributed by atoms with van der Waals surface area (Å²) in [6.07, 6.45) is -0.569. The fourth-order valence-electron chi connectivity index (χ4n) is 1.48. The first-order valence-corrected chi connectivity index (χ1v) is 5.39. The average molecular weight is 266 g/mol. The number of aldehydes is 1.